The molecule has 1 saturated heterocycles. The summed E-state index contributed by atoms with van der Waals surface area (Å²) >= 11 is 6.01. The van der Waals surface area contributed by atoms with Gasteiger partial charge in [-0.2, -0.15) is 0 Å². The predicted octanol–water partition coefficient (Wildman–Crippen LogP) is 3.32. The van der Waals surface area contributed by atoms with E-state index >= 15 is 0 Å². The van der Waals surface area contributed by atoms with Crippen molar-refractivity contribution in [1.82, 2.24) is 5.32 Å². The Morgan fingerprint density at radius 2 is 2.29 bits per heavy atom. The Balaban J connectivity index is 1.91. The van der Waals surface area contributed by atoms with E-state index in [1.165, 1.54) is 0 Å². The van der Waals surface area contributed by atoms with Gasteiger partial charge in [0.2, 0.25) is 0 Å². The third-order valence-corrected chi connectivity index (χ3v) is 3.89. The smallest absolute Gasteiger partial charge is 0.253 e. The lowest BCUT2D eigenvalue weighted by Gasteiger charge is -2.13. The predicted molar refractivity (Wildman–Crippen MR) is 86.1 cm³/mol. The van der Waals surface area contributed by atoms with Crippen LogP contribution >= 0.6 is 11.6 Å². The van der Waals surface area contributed by atoms with E-state index in [1.54, 1.807) is 12.1 Å². The molecule has 1 atom stereocenters. The van der Waals surface area contributed by atoms with E-state index in [4.69, 9.17) is 16.3 Å². The van der Waals surface area contributed by atoms with Crippen LogP contribution in [0.25, 0.3) is 0 Å². The second-order valence-corrected chi connectivity index (χ2v) is 5.83. The molecule has 21 heavy (non-hydrogen) atoms. The molecule has 1 aromatic rings. The summed E-state index contributed by atoms with van der Waals surface area (Å²) in [6.07, 6.45) is 3.06. The van der Waals surface area contributed by atoms with Crippen molar-refractivity contribution in [2.24, 2.45) is 5.92 Å². The molecule has 4 nitrogen and oxygen atoms in total. The van der Waals surface area contributed by atoms with Gasteiger partial charge in [-0.15, -0.1) is 0 Å². The van der Waals surface area contributed by atoms with Gasteiger partial charge in [0.05, 0.1) is 5.56 Å². The molecule has 1 amide bonds. The number of benzene rings is 1. The molecule has 1 aliphatic rings. The number of carbonyl (C=O) groups is 1. The van der Waals surface area contributed by atoms with Gasteiger partial charge in [0.1, 0.15) is 0 Å². The number of amides is 1. The van der Waals surface area contributed by atoms with Crippen molar-refractivity contribution < 1.29 is 9.53 Å². The molecule has 1 aliphatic heterocycles. The Morgan fingerprint density at radius 3 is 3.00 bits per heavy atom. The second-order valence-electron chi connectivity index (χ2n) is 5.39. The van der Waals surface area contributed by atoms with Crippen molar-refractivity contribution in [2.75, 3.05) is 31.6 Å². The second kappa shape index (κ2) is 8.25. The highest BCUT2D eigenvalue weighted by atomic mass is 35.5. The molecule has 1 unspecified atom stereocenters. The maximum Gasteiger partial charge on any atom is 0.253 e. The van der Waals surface area contributed by atoms with Gasteiger partial charge in [-0.25, -0.2) is 0 Å². The van der Waals surface area contributed by atoms with Crippen LogP contribution in [0, 0.1) is 5.92 Å². The van der Waals surface area contributed by atoms with Gasteiger partial charge in [0.15, 0.2) is 0 Å². The van der Waals surface area contributed by atoms with Crippen LogP contribution in [0.3, 0.4) is 0 Å². The number of carbonyl (C=O) groups excluding carboxylic acids is 1. The lowest BCUT2D eigenvalue weighted by atomic mass is 10.1. The Morgan fingerprint density at radius 1 is 1.43 bits per heavy atom. The van der Waals surface area contributed by atoms with E-state index < -0.39 is 0 Å². The van der Waals surface area contributed by atoms with Crippen LogP contribution in [0.1, 0.15) is 36.5 Å². The quantitative estimate of drug-likeness (QED) is 0.812. The minimum Gasteiger partial charge on any atom is -0.384 e. The van der Waals surface area contributed by atoms with Gasteiger partial charge in [-0.3, -0.25) is 4.79 Å². The Labute approximate surface area is 131 Å². The zero-order chi connectivity index (χ0) is 15.1. The summed E-state index contributed by atoms with van der Waals surface area (Å²) in [5.74, 6) is 0.498. The van der Waals surface area contributed by atoms with Gasteiger partial charge < -0.3 is 15.4 Å². The first-order valence-electron chi connectivity index (χ1n) is 7.60. The van der Waals surface area contributed by atoms with E-state index in [1.807, 2.05) is 6.07 Å². The van der Waals surface area contributed by atoms with E-state index in [0.717, 1.165) is 44.7 Å². The van der Waals surface area contributed by atoms with E-state index in [-0.39, 0.29) is 5.91 Å². The molecule has 0 aliphatic carbocycles. The molecule has 2 rings (SSSR count). The van der Waals surface area contributed by atoms with Crippen molar-refractivity contribution in [3.8, 4) is 0 Å². The largest absolute Gasteiger partial charge is 0.384 e. The summed E-state index contributed by atoms with van der Waals surface area (Å²) < 4.78 is 5.34. The molecule has 0 saturated carbocycles. The average molecular weight is 311 g/mol. The fourth-order valence-corrected chi connectivity index (χ4v) is 2.59. The minimum atomic E-state index is -0.0741. The van der Waals surface area contributed by atoms with Gasteiger partial charge in [0, 0.05) is 37.0 Å². The number of halogens is 1. The first kappa shape index (κ1) is 16.1. The molecule has 1 aromatic carbocycles. The van der Waals surface area contributed by atoms with Gasteiger partial charge in [-0.05, 0) is 43.4 Å². The molecule has 0 aromatic heterocycles. The molecule has 5 heteroatoms. The minimum absolute atomic E-state index is 0.0741. The van der Waals surface area contributed by atoms with Crippen LogP contribution < -0.4 is 10.6 Å². The summed E-state index contributed by atoms with van der Waals surface area (Å²) in [5, 5.41) is 6.82. The summed E-state index contributed by atoms with van der Waals surface area (Å²) in [4.78, 5) is 12.3. The topological polar surface area (TPSA) is 50.4 Å². The monoisotopic (exact) mass is 310 g/mol. The maximum atomic E-state index is 12.3. The third kappa shape index (κ3) is 4.90. The number of anilines is 1. The number of rotatable bonds is 7. The first-order chi connectivity index (χ1) is 10.2. The summed E-state index contributed by atoms with van der Waals surface area (Å²) in [6.45, 7) is 5.26. The van der Waals surface area contributed by atoms with E-state index in [0.29, 0.717) is 23.0 Å². The van der Waals surface area contributed by atoms with Crippen LogP contribution in [0.4, 0.5) is 5.69 Å². The fraction of sp³-hybridized carbons (Fsp3) is 0.562. The number of nitrogens with one attached hydrogen (secondary N) is 2. The maximum absolute atomic E-state index is 12.3. The summed E-state index contributed by atoms with van der Waals surface area (Å²) in [7, 11) is 0. The molecule has 1 heterocycles. The molecular weight excluding hydrogens is 288 g/mol. The Hall–Kier alpha value is -1.26. The molecule has 2 N–H and O–H groups in total. The van der Waals surface area contributed by atoms with E-state index in [2.05, 4.69) is 17.6 Å². The van der Waals surface area contributed by atoms with Crippen molar-refractivity contribution in [2.45, 2.75) is 26.2 Å². The molecule has 0 spiro atoms. The van der Waals surface area contributed by atoms with Crippen LogP contribution in [0.15, 0.2) is 18.2 Å². The average Bonchev–Trinajstić information content (AvgIpc) is 2.99. The van der Waals surface area contributed by atoms with Crippen LogP contribution in [-0.2, 0) is 4.74 Å². The standard InChI is InChI=1S/C16H23ClN2O2/c1-2-7-18-15-4-3-13(17)10-14(15)16(20)19-8-5-12-6-9-21-11-12/h3-4,10,12,18H,2,5-9,11H2,1H3,(H,19,20). The molecule has 0 bridgehead atoms. The van der Waals surface area contributed by atoms with E-state index in [9.17, 15) is 4.79 Å². The molecule has 116 valence electrons. The van der Waals surface area contributed by atoms with Gasteiger partial charge >= 0.3 is 0 Å². The summed E-state index contributed by atoms with van der Waals surface area (Å²) in [6, 6.07) is 5.37. The van der Waals surface area contributed by atoms with Crippen molar-refractivity contribution >= 4 is 23.2 Å². The lowest BCUT2D eigenvalue weighted by molar-refractivity contribution is 0.0951. The highest BCUT2D eigenvalue weighted by molar-refractivity contribution is 6.31. The molecule has 1 fully saturated rings. The first-order valence-corrected chi connectivity index (χ1v) is 7.98. The van der Waals surface area contributed by atoms with Crippen molar-refractivity contribution in [3.63, 3.8) is 0 Å². The van der Waals surface area contributed by atoms with Gasteiger partial charge in [0.25, 0.3) is 5.91 Å². The van der Waals surface area contributed by atoms with Crippen molar-refractivity contribution in [3.05, 3.63) is 28.8 Å². The number of ether oxygens (including phenoxy) is 1. The molecular formula is C16H23ClN2O2. The zero-order valence-electron chi connectivity index (χ0n) is 12.5. The highest BCUT2D eigenvalue weighted by Crippen LogP contribution is 2.21. The SMILES string of the molecule is CCCNc1ccc(Cl)cc1C(=O)NCCC1CCOC1. The number of hydrogen-bond donors (Lipinski definition) is 2. The fourth-order valence-electron chi connectivity index (χ4n) is 2.41. The van der Waals surface area contributed by atoms with Crippen LogP contribution in [0.2, 0.25) is 5.02 Å². The lowest BCUT2D eigenvalue weighted by Crippen LogP contribution is -2.27. The Bertz CT molecular complexity index is 473. The third-order valence-electron chi connectivity index (χ3n) is 3.65. The van der Waals surface area contributed by atoms with Crippen LogP contribution in [0.5, 0.6) is 0 Å². The normalized spacial score (nSPS) is 17.7. The van der Waals surface area contributed by atoms with Gasteiger partial charge in [-0.1, -0.05) is 18.5 Å². The number of hydrogen-bond acceptors (Lipinski definition) is 3. The Kier molecular flexibility index (Phi) is 6.33. The van der Waals surface area contributed by atoms with Crippen molar-refractivity contribution in [1.29, 1.82) is 0 Å². The summed E-state index contributed by atoms with van der Waals surface area (Å²) in [5.41, 5.74) is 1.45. The highest BCUT2D eigenvalue weighted by Gasteiger charge is 2.16. The zero-order valence-corrected chi connectivity index (χ0v) is 13.2. The van der Waals surface area contributed by atoms with Crippen LogP contribution in [-0.4, -0.2) is 32.2 Å². The molecule has 0 radical (unpaired) electrons.